The van der Waals surface area contributed by atoms with Crippen LogP contribution in [0.4, 0.5) is 0 Å². The van der Waals surface area contributed by atoms with Crippen molar-refractivity contribution in [3.05, 3.63) is 42.5 Å². The van der Waals surface area contributed by atoms with E-state index in [1.807, 2.05) is 35.4 Å². The van der Waals surface area contributed by atoms with E-state index in [4.69, 9.17) is 5.26 Å². The fourth-order valence-corrected chi connectivity index (χ4v) is 2.11. The molecule has 3 rings (SSSR count). The van der Waals surface area contributed by atoms with E-state index in [0.29, 0.717) is 5.56 Å². The number of fused-ring (bicyclic) bond motifs is 1. The highest BCUT2D eigenvalue weighted by atomic mass is 15.3. The Kier molecular flexibility index (Phi) is 2.76. The number of rotatable bonds is 3. The van der Waals surface area contributed by atoms with Crippen molar-refractivity contribution in [2.24, 2.45) is 0 Å². The first kappa shape index (κ1) is 11.5. The van der Waals surface area contributed by atoms with Gasteiger partial charge in [0, 0.05) is 30.1 Å². The lowest BCUT2D eigenvalue weighted by Gasteiger charge is -1.99. The molecule has 0 amide bonds. The molecule has 0 N–H and O–H groups in total. The molecule has 19 heavy (non-hydrogen) atoms. The van der Waals surface area contributed by atoms with Gasteiger partial charge in [-0.05, 0) is 12.5 Å². The SMILES string of the molecule is CCCn1cc(-c2ccc3c(C#N)cnn3c2)cn1. The third-order valence-electron chi connectivity index (χ3n) is 3.06. The van der Waals surface area contributed by atoms with Crippen molar-refractivity contribution < 1.29 is 0 Å². The first-order valence-corrected chi connectivity index (χ1v) is 6.22. The zero-order valence-corrected chi connectivity index (χ0v) is 10.6. The third-order valence-corrected chi connectivity index (χ3v) is 3.06. The van der Waals surface area contributed by atoms with Crippen LogP contribution < -0.4 is 0 Å². The average molecular weight is 251 g/mol. The summed E-state index contributed by atoms with van der Waals surface area (Å²) >= 11 is 0. The highest BCUT2D eigenvalue weighted by molar-refractivity contribution is 5.67. The normalized spacial score (nSPS) is 10.7. The minimum atomic E-state index is 0.591. The van der Waals surface area contributed by atoms with Gasteiger partial charge in [0.2, 0.25) is 0 Å². The molecule has 0 aliphatic heterocycles. The largest absolute Gasteiger partial charge is 0.272 e. The minimum Gasteiger partial charge on any atom is -0.272 e. The quantitative estimate of drug-likeness (QED) is 0.718. The summed E-state index contributed by atoms with van der Waals surface area (Å²) in [5, 5.41) is 17.5. The molecule has 3 aromatic rings. The van der Waals surface area contributed by atoms with Gasteiger partial charge in [0.25, 0.3) is 0 Å². The van der Waals surface area contributed by atoms with Gasteiger partial charge < -0.3 is 0 Å². The Bertz CT molecular complexity index is 760. The number of hydrogen-bond donors (Lipinski definition) is 0. The van der Waals surface area contributed by atoms with E-state index in [0.717, 1.165) is 29.6 Å². The zero-order chi connectivity index (χ0) is 13.2. The van der Waals surface area contributed by atoms with Crippen molar-refractivity contribution in [2.45, 2.75) is 19.9 Å². The van der Waals surface area contributed by atoms with E-state index < -0.39 is 0 Å². The van der Waals surface area contributed by atoms with Gasteiger partial charge in [-0.15, -0.1) is 0 Å². The fourth-order valence-electron chi connectivity index (χ4n) is 2.11. The van der Waals surface area contributed by atoms with Gasteiger partial charge in [-0.2, -0.15) is 15.5 Å². The summed E-state index contributed by atoms with van der Waals surface area (Å²) in [5.41, 5.74) is 3.52. The molecule has 0 aliphatic rings. The van der Waals surface area contributed by atoms with Gasteiger partial charge in [0.15, 0.2) is 0 Å². The van der Waals surface area contributed by atoms with Crippen LogP contribution in [-0.2, 0) is 6.54 Å². The summed E-state index contributed by atoms with van der Waals surface area (Å²) in [6, 6.07) is 6.04. The van der Waals surface area contributed by atoms with Gasteiger partial charge in [-0.25, -0.2) is 4.52 Å². The maximum atomic E-state index is 8.96. The van der Waals surface area contributed by atoms with Crippen LogP contribution in [0.15, 0.2) is 36.9 Å². The molecular formula is C14H13N5. The second-order valence-corrected chi connectivity index (χ2v) is 4.41. The number of hydrogen-bond acceptors (Lipinski definition) is 3. The maximum Gasteiger partial charge on any atom is 0.103 e. The topological polar surface area (TPSA) is 58.9 Å². The Labute approximate surface area is 110 Å². The highest BCUT2D eigenvalue weighted by Crippen LogP contribution is 2.20. The number of aryl methyl sites for hydroxylation is 1. The van der Waals surface area contributed by atoms with Crippen LogP contribution in [0.1, 0.15) is 18.9 Å². The molecular weight excluding hydrogens is 238 g/mol. The van der Waals surface area contributed by atoms with Crippen molar-refractivity contribution in [3.63, 3.8) is 0 Å². The van der Waals surface area contributed by atoms with E-state index in [-0.39, 0.29) is 0 Å². The molecule has 94 valence electrons. The number of nitrogens with zero attached hydrogens (tertiary/aromatic N) is 5. The van der Waals surface area contributed by atoms with Gasteiger partial charge in [0.1, 0.15) is 6.07 Å². The van der Waals surface area contributed by atoms with Crippen molar-refractivity contribution in [1.82, 2.24) is 19.4 Å². The monoisotopic (exact) mass is 251 g/mol. The molecule has 0 aromatic carbocycles. The zero-order valence-electron chi connectivity index (χ0n) is 10.6. The van der Waals surface area contributed by atoms with Crippen molar-refractivity contribution in [1.29, 1.82) is 5.26 Å². The molecule has 3 aromatic heterocycles. The predicted octanol–water partition coefficient (Wildman–Crippen LogP) is 2.48. The Morgan fingerprint density at radius 3 is 2.84 bits per heavy atom. The second-order valence-electron chi connectivity index (χ2n) is 4.41. The van der Waals surface area contributed by atoms with Gasteiger partial charge in [-0.1, -0.05) is 13.0 Å². The summed E-state index contributed by atoms with van der Waals surface area (Å²) in [6.45, 7) is 3.04. The molecule has 0 atom stereocenters. The Morgan fingerprint density at radius 1 is 1.16 bits per heavy atom. The number of pyridine rings is 1. The second kappa shape index (κ2) is 4.58. The lowest BCUT2D eigenvalue weighted by molar-refractivity contribution is 0.603. The summed E-state index contributed by atoms with van der Waals surface area (Å²) in [7, 11) is 0. The molecule has 0 saturated heterocycles. The molecule has 5 heteroatoms. The van der Waals surface area contributed by atoms with Crippen molar-refractivity contribution in [2.75, 3.05) is 0 Å². The van der Waals surface area contributed by atoms with E-state index in [2.05, 4.69) is 23.2 Å². The Morgan fingerprint density at radius 2 is 2.05 bits per heavy atom. The highest BCUT2D eigenvalue weighted by Gasteiger charge is 2.06. The molecule has 0 radical (unpaired) electrons. The van der Waals surface area contributed by atoms with Crippen LogP contribution >= 0.6 is 0 Å². The molecule has 5 nitrogen and oxygen atoms in total. The van der Waals surface area contributed by atoms with E-state index >= 15 is 0 Å². The minimum absolute atomic E-state index is 0.591. The first-order chi connectivity index (χ1) is 9.31. The summed E-state index contributed by atoms with van der Waals surface area (Å²) < 4.78 is 3.66. The number of nitriles is 1. The maximum absolute atomic E-state index is 8.96. The van der Waals surface area contributed by atoms with Gasteiger partial charge in [0.05, 0.1) is 23.5 Å². The molecule has 0 bridgehead atoms. The standard InChI is InChI=1S/C14H13N5/c1-2-5-18-9-13(8-16-18)11-3-4-14-12(6-15)7-17-19(14)10-11/h3-4,7-10H,2,5H2,1H3. The third kappa shape index (κ3) is 1.97. The van der Waals surface area contributed by atoms with Crippen molar-refractivity contribution in [3.8, 4) is 17.2 Å². The Hall–Kier alpha value is -2.61. The average Bonchev–Trinajstić information content (AvgIpc) is 3.04. The molecule has 0 unspecified atom stereocenters. The molecule has 3 heterocycles. The number of aromatic nitrogens is 4. The van der Waals surface area contributed by atoms with Crippen LogP contribution in [0.25, 0.3) is 16.6 Å². The molecule has 0 aliphatic carbocycles. The Balaban J connectivity index is 2.03. The summed E-state index contributed by atoms with van der Waals surface area (Å²) in [6.07, 6.45) is 8.44. The molecule has 0 fully saturated rings. The van der Waals surface area contributed by atoms with E-state index in [9.17, 15) is 0 Å². The van der Waals surface area contributed by atoms with Crippen LogP contribution in [0.5, 0.6) is 0 Å². The van der Waals surface area contributed by atoms with Crippen LogP contribution in [-0.4, -0.2) is 19.4 Å². The molecule has 0 saturated carbocycles. The van der Waals surface area contributed by atoms with Crippen molar-refractivity contribution >= 4 is 5.52 Å². The summed E-state index contributed by atoms with van der Waals surface area (Å²) in [5.74, 6) is 0. The van der Waals surface area contributed by atoms with Crippen LogP contribution in [0, 0.1) is 11.3 Å². The fraction of sp³-hybridized carbons (Fsp3) is 0.214. The van der Waals surface area contributed by atoms with E-state index in [1.54, 1.807) is 10.7 Å². The van der Waals surface area contributed by atoms with Gasteiger partial charge in [-0.3, -0.25) is 4.68 Å². The van der Waals surface area contributed by atoms with E-state index in [1.165, 1.54) is 0 Å². The lowest BCUT2D eigenvalue weighted by Crippen LogP contribution is -1.95. The first-order valence-electron chi connectivity index (χ1n) is 6.22. The van der Waals surface area contributed by atoms with Gasteiger partial charge >= 0.3 is 0 Å². The van der Waals surface area contributed by atoms with Crippen LogP contribution in [0.3, 0.4) is 0 Å². The predicted molar refractivity (Wildman–Crippen MR) is 71.4 cm³/mol. The molecule has 0 spiro atoms. The summed E-state index contributed by atoms with van der Waals surface area (Å²) in [4.78, 5) is 0. The van der Waals surface area contributed by atoms with Crippen LogP contribution in [0.2, 0.25) is 0 Å². The smallest absolute Gasteiger partial charge is 0.103 e. The lowest BCUT2D eigenvalue weighted by atomic mass is 10.1.